The summed E-state index contributed by atoms with van der Waals surface area (Å²) in [6.07, 6.45) is 4.22. The molecular formula is C29H31NO4. The standard InChI is InChI=1S/C29H31NO4/c1-5-33-28-20(3)29-25(17-24(28)19(2)16-27(31)30-14-9-15-32-4)26(18-34-29)23-13-8-11-21-10-6-7-12-22(21)23/h6-8,10-13,16-18H,5,9,14-15H2,1-4H3,(H,30,31)/b19-16+. The van der Waals surface area contributed by atoms with Gasteiger partial charge in [0.25, 0.3) is 0 Å². The lowest BCUT2D eigenvalue weighted by molar-refractivity contribution is -0.116. The van der Waals surface area contributed by atoms with Crippen LogP contribution in [0.5, 0.6) is 5.75 Å². The number of nitrogens with one attached hydrogen (secondary N) is 1. The predicted octanol–water partition coefficient (Wildman–Crippen LogP) is 6.52. The first-order chi connectivity index (χ1) is 16.5. The van der Waals surface area contributed by atoms with Crippen LogP contribution in [-0.4, -0.2) is 32.8 Å². The van der Waals surface area contributed by atoms with Crippen LogP contribution < -0.4 is 10.1 Å². The molecule has 34 heavy (non-hydrogen) atoms. The molecule has 1 aromatic heterocycles. The van der Waals surface area contributed by atoms with Crippen molar-refractivity contribution in [3.05, 3.63) is 72.0 Å². The summed E-state index contributed by atoms with van der Waals surface area (Å²) < 4.78 is 17.1. The van der Waals surface area contributed by atoms with Crippen molar-refractivity contribution in [2.45, 2.75) is 27.2 Å². The third-order valence-electron chi connectivity index (χ3n) is 6.01. The van der Waals surface area contributed by atoms with Gasteiger partial charge in [-0.25, -0.2) is 0 Å². The van der Waals surface area contributed by atoms with E-state index in [0.717, 1.165) is 51.0 Å². The second-order valence-corrected chi connectivity index (χ2v) is 8.33. The van der Waals surface area contributed by atoms with Crippen LogP contribution in [0.25, 0.3) is 38.4 Å². The van der Waals surface area contributed by atoms with Gasteiger partial charge in [-0.15, -0.1) is 0 Å². The SMILES string of the molecule is CCOc1c(/C(C)=C/C(=O)NCCCOC)cc2c(-c3cccc4ccccc34)coc2c1C. The predicted molar refractivity (Wildman–Crippen MR) is 138 cm³/mol. The lowest BCUT2D eigenvalue weighted by Crippen LogP contribution is -2.23. The van der Waals surface area contributed by atoms with E-state index in [1.165, 1.54) is 10.8 Å². The summed E-state index contributed by atoms with van der Waals surface area (Å²) in [7, 11) is 1.65. The highest BCUT2D eigenvalue weighted by Gasteiger charge is 2.20. The molecule has 1 N–H and O–H groups in total. The fourth-order valence-corrected chi connectivity index (χ4v) is 4.36. The fraction of sp³-hybridized carbons (Fsp3) is 0.276. The van der Waals surface area contributed by atoms with Crippen LogP contribution in [0.15, 0.2) is 65.3 Å². The third kappa shape index (κ3) is 4.70. The molecule has 0 unspecified atom stereocenters. The van der Waals surface area contributed by atoms with Crippen molar-refractivity contribution in [2.24, 2.45) is 0 Å². The Kier molecular flexibility index (Phi) is 7.33. The number of aryl methyl sites for hydroxylation is 1. The first kappa shape index (κ1) is 23.6. The third-order valence-corrected chi connectivity index (χ3v) is 6.01. The summed E-state index contributed by atoms with van der Waals surface area (Å²) in [5.41, 5.74) is 5.59. The Hall–Kier alpha value is -3.57. The Balaban J connectivity index is 1.81. The monoisotopic (exact) mass is 457 g/mol. The number of carbonyl (C=O) groups excluding carboxylic acids is 1. The minimum atomic E-state index is -0.129. The van der Waals surface area contributed by atoms with Crippen molar-refractivity contribution < 1.29 is 18.7 Å². The summed E-state index contributed by atoms with van der Waals surface area (Å²) in [5, 5.41) is 6.27. The highest BCUT2D eigenvalue weighted by molar-refractivity contribution is 6.07. The average Bonchev–Trinajstić information content (AvgIpc) is 3.27. The number of fused-ring (bicyclic) bond motifs is 2. The zero-order valence-corrected chi connectivity index (χ0v) is 20.2. The number of benzene rings is 3. The van der Waals surface area contributed by atoms with Gasteiger partial charge in [0.1, 0.15) is 11.3 Å². The molecule has 4 aromatic rings. The molecule has 1 amide bonds. The van der Waals surface area contributed by atoms with Crippen molar-refractivity contribution in [3.63, 3.8) is 0 Å². The molecule has 0 radical (unpaired) electrons. The largest absolute Gasteiger partial charge is 0.493 e. The van der Waals surface area contributed by atoms with Crippen LogP contribution in [0.2, 0.25) is 0 Å². The Morgan fingerprint density at radius 2 is 1.88 bits per heavy atom. The maximum atomic E-state index is 12.5. The van der Waals surface area contributed by atoms with E-state index >= 15 is 0 Å². The average molecular weight is 458 g/mol. The van der Waals surface area contributed by atoms with Crippen molar-refractivity contribution in [1.29, 1.82) is 0 Å². The van der Waals surface area contributed by atoms with Gasteiger partial charge in [0.15, 0.2) is 0 Å². The van der Waals surface area contributed by atoms with Crippen LogP contribution in [-0.2, 0) is 9.53 Å². The van der Waals surface area contributed by atoms with Gasteiger partial charge in [-0.3, -0.25) is 4.79 Å². The van der Waals surface area contributed by atoms with Gasteiger partial charge >= 0.3 is 0 Å². The molecule has 0 aliphatic carbocycles. The number of rotatable bonds is 9. The van der Waals surface area contributed by atoms with E-state index in [0.29, 0.717) is 19.8 Å². The van der Waals surface area contributed by atoms with Crippen molar-refractivity contribution in [1.82, 2.24) is 5.32 Å². The molecule has 3 aromatic carbocycles. The van der Waals surface area contributed by atoms with Crippen molar-refractivity contribution in [3.8, 4) is 16.9 Å². The molecule has 176 valence electrons. The van der Waals surface area contributed by atoms with E-state index in [2.05, 4.69) is 47.8 Å². The molecule has 0 bridgehead atoms. The Bertz CT molecular complexity index is 1340. The number of hydrogen-bond donors (Lipinski definition) is 1. The molecule has 0 spiro atoms. The summed E-state index contributed by atoms with van der Waals surface area (Å²) >= 11 is 0. The minimum absolute atomic E-state index is 0.129. The number of ether oxygens (including phenoxy) is 2. The van der Waals surface area contributed by atoms with Crippen LogP contribution in [0.3, 0.4) is 0 Å². The van der Waals surface area contributed by atoms with Crippen molar-refractivity contribution >= 4 is 33.2 Å². The highest BCUT2D eigenvalue weighted by Crippen LogP contribution is 2.42. The van der Waals surface area contributed by atoms with Crippen LogP contribution in [0, 0.1) is 6.92 Å². The van der Waals surface area contributed by atoms with Crippen molar-refractivity contribution in [2.75, 3.05) is 26.9 Å². The molecule has 1 heterocycles. The molecule has 0 atom stereocenters. The molecule has 0 aliphatic rings. The Morgan fingerprint density at radius 3 is 2.68 bits per heavy atom. The number of hydrogen-bond acceptors (Lipinski definition) is 4. The van der Waals surface area contributed by atoms with E-state index in [1.807, 2.05) is 33.1 Å². The molecule has 5 heteroatoms. The quantitative estimate of drug-likeness (QED) is 0.230. The molecule has 0 saturated heterocycles. The smallest absolute Gasteiger partial charge is 0.244 e. The first-order valence-corrected chi connectivity index (χ1v) is 11.7. The molecule has 0 saturated carbocycles. The van der Waals surface area contributed by atoms with Gasteiger partial charge in [0.2, 0.25) is 5.91 Å². The number of allylic oxidation sites excluding steroid dienone is 1. The Labute approximate surface area is 200 Å². The number of furan rings is 1. The number of carbonyl (C=O) groups is 1. The summed E-state index contributed by atoms with van der Waals surface area (Å²) in [4.78, 5) is 12.5. The minimum Gasteiger partial charge on any atom is -0.493 e. The molecule has 5 nitrogen and oxygen atoms in total. The summed E-state index contributed by atoms with van der Waals surface area (Å²) in [6.45, 7) is 7.61. The molecular weight excluding hydrogens is 426 g/mol. The van der Waals surface area contributed by atoms with Gasteiger partial charge in [-0.2, -0.15) is 0 Å². The van der Waals surface area contributed by atoms with Gasteiger partial charge in [-0.05, 0) is 55.2 Å². The van der Waals surface area contributed by atoms with E-state index < -0.39 is 0 Å². The van der Waals surface area contributed by atoms with E-state index in [1.54, 1.807) is 13.2 Å². The first-order valence-electron chi connectivity index (χ1n) is 11.7. The summed E-state index contributed by atoms with van der Waals surface area (Å²) in [5.74, 6) is 0.616. The summed E-state index contributed by atoms with van der Waals surface area (Å²) in [6, 6.07) is 16.7. The van der Waals surface area contributed by atoms with E-state index in [4.69, 9.17) is 13.9 Å². The van der Waals surface area contributed by atoms with Crippen LogP contribution in [0.1, 0.15) is 31.4 Å². The molecule has 4 rings (SSSR count). The number of amides is 1. The Morgan fingerprint density at radius 1 is 1.09 bits per heavy atom. The topological polar surface area (TPSA) is 60.7 Å². The fourth-order valence-electron chi connectivity index (χ4n) is 4.36. The zero-order valence-electron chi connectivity index (χ0n) is 20.2. The van der Waals surface area contributed by atoms with Crippen LogP contribution in [0.4, 0.5) is 0 Å². The van der Waals surface area contributed by atoms with Gasteiger partial charge in [-0.1, -0.05) is 42.5 Å². The maximum absolute atomic E-state index is 12.5. The second-order valence-electron chi connectivity index (χ2n) is 8.33. The van der Waals surface area contributed by atoms with Gasteiger partial charge < -0.3 is 19.2 Å². The lowest BCUT2D eigenvalue weighted by atomic mass is 9.94. The maximum Gasteiger partial charge on any atom is 0.244 e. The van der Waals surface area contributed by atoms with Crippen LogP contribution >= 0.6 is 0 Å². The normalized spacial score (nSPS) is 11.8. The number of methoxy groups -OCH3 is 1. The molecule has 0 aliphatic heterocycles. The van der Waals surface area contributed by atoms with Gasteiger partial charge in [0.05, 0.1) is 12.9 Å². The second kappa shape index (κ2) is 10.6. The molecule has 0 fully saturated rings. The van der Waals surface area contributed by atoms with Gasteiger partial charge in [0, 0.05) is 48.4 Å². The highest BCUT2D eigenvalue weighted by atomic mass is 16.5. The lowest BCUT2D eigenvalue weighted by Gasteiger charge is -2.15. The zero-order chi connectivity index (χ0) is 24.1. The van der Waals surface area contributed by atoms with E-state index in [9.17, 15) is 4.79 Å². The van der Waals surface area contributed by atoms with E-state index in [-0.39, 0.29) is 5.91 Å².